The predicted molar refractivity (Wildman–Crippen MR) is 75.9 cm³/mol. The number of hydrogen-bond acceptors (Lipinski definition) is 2. The SMILES string of the molecule is CBr.CC(=O)c1cc(I)cc(C(C)C)n1. The van der Waals surface area contributed by atoms with Crippen LogP contribution in [0.25, 0.3) is 0 Å². The van der Waals surface area contributed by atoms with Crippen molar-refractivity contribution >= 4 is 44.3 Å². The van der Waals surface area contributed by atoms with E-state index >= 15 is 0 Å². The highest BCUT2D eigenvalue weighted by Crippen LogP contribution is 2.16. The highest BCUT2D eigenvalue weighted by molar-refractivity contribution is 14.1. The van der Waals surface area contributed by atoms with Crippen LogP contribution < -0.4 is 0 Å². The largest absolute Gasteiger partial charge is 0.293 e. The molecule has 0 aromatic carbocycles. The molecule has 0 fully saturated rings. The van der Waals surface area contributed by atoms with Gasteiger partial charge in [0.25, 0.3) is 0 Å². The molecule has 84 valence electrons. The van der Waals surface area contributed by atoms with Crippen molar-refractivity contribution < 1.29 is 4.79 Å². The molecule has 2 nitrogen and oxygen atoms in total. The number of carbonyl (C=O) groups excluding carboxylic acids is 1. The first-order chi connectivity index (χ1) is 7.00. The topological polar surface area (TPSA) is 30.0 Å². The van der Waals surface area contributed by atoms with Crippen LogP contribution in [0.1, 0.15) is 42.9 Å². The molecular weight excluding hydrogens is 369 g/mol. The van der Waals surface area contributed by atoms with E-state index in [9.17, 15) is 4.79 Å². The van der Waals surface area contributed by atoms with E-state index < -0.39 is 0 Å². The molecule has 15 heavy (non-hydrogen) atoms. The normalized spacial score (nSPS) is 9.53. The second-order valence-corrected chi connectivity index (χ2v) is 4.55. The molecule has 0 atom stereocenters. The summed E-state index contributed by atoms with van der Waals surface area (Å²) in [5.41, 5.74) is 1.55. The average Bonchev–Trinajstić information content (AvgIpc) is 2.19. The quantitative estimate of drug-likeness (QED) is 0.438. The van der Waals surface area contributed by atoms with Crippen LogP contribution in [-0.2, 0) is 0 Å². The Kier molecular flexibility index (Phi) is 7.34. The highest BCUT2D eigenvalue weighted by Gasteiger charge is 2.07. The summed E-state index contributed by atoms with van der Waals surface area (Å²) in [4.78, 5) is 15.4. The van der Waals surface area contributed by atoms with Gasteiger partial charge in [0.2, 0.25) is 0 Å². The Morgan fingerprint density at radius 2 is 1.93 bits per heavy atom. The second-order valence-electron chi connectivity index (χ2n) is 3.31. The van der Waals surface area contributed by atoms with Crippen LogP contribution in [0.4, 0.5) is 0 Å². The molecule has 0 aliphatic carbocycles. The van der Waals surface area contributed by atoms with Gasteiger partial charge in [-0.25, -0.2) is 4.98 Å². The van der Waals surface area contributed by atoms with Gasteiger partial charge in [0.15, 0.2) is 5.78 Å². The lowest BCUT2D eigenvalue weighted by molar-refractivity contribution is 0.101. The summed E-state index contributed by atoms with van der Waals surface area (Å²) in [5.74, 6) is 2.21. The first-order valence-electron chi connectivity index (χ1n) is 4.57. The predicted octanol–water partition coefficient (Wildman–Crippen LogP) is 4.02. The molecule has 0 bridgehead atoms. The third-order valence-electron chi connectivity index (χ3n) is 1.76. The van der Waals surface area contributed by atoms with Crippen LogP contribution in [0, 0.1) is 3.57 Å². The van der Waals surface area contributed by atoms with E-state index in [4.69, 9.17) is 0 Å². The molecule has 0 aliphatic rings. The van der Waals surface area contributed by atoms with Crippen molar-refractivity contribution in [3.8, 4) is 0 Å². The first kappa shape index (κ1) is 15.0. The van der Waals surface area contributed by atoms with E-state index in [1.54, 1.807) is 6.92 Å². The third-order valence-corrected chi connectivity index (χ3v) is 2.38. The molecule has 4 heteroatoms. The number of nitrogens with zero attached hydrogens (tertiary/aromatic N) is 1. The van der Waals surface area contributed by atoms with Gasteiger partial charge in [0.1, 0.15) is 5.69 Å². The molecule has 1 rings (SSSR count). The van der Waals surface area contributed by atoms with Gasteiger partial charge in [0, 0.05) is 16.2 Å². The van der Waals surface area contributed by atoms with E-state index in [1.807, 2.05) is 18.0 Å². The Hall–Kier alpha value is 0.0300. The van der Waals surface area contributed by atoms with Crippen LogP contribution in [0.2, 0.25) is 0 Å². The van der Waals surface area contributed by atoms with E-state index in [0.717, 1.165) is 9.26 Å². The Morgan fingerprint density at radius 1 is 1.40 bits per heavy atom. The smallest absolute Gasteiger partial charge is 0.178 e. The van der Waals surface area contributed by atoms with Crippen molar-refractivity contribution in [3.05, 3.63) is 27.1 Å². The van der Waals surface area contributed by atoms with Gasteiger partial charge < -0.3 is 0 Å². The fourth-order valence-electron chi connectivity index (χ4n) is 0.993. The number of alkyl halides is 1. The summed E-state index contributed by atoms with van der Waals surface area (Å²) >= 11 is 5.14. The maximum atomic E-state index is 11.1. The Morgan fingerprint density at radius 3 is 2.33 bits per heavy atom. The molecule has 0 unspecified atom stereocenters. The summed E-state index contributed by atoms with van der Waals surface area (Å²) in [7, 11) is 0. The van der Waals surface area contributed by atoms with E-state index in [-0.39, 0.29) is 5.78 Å². The van der Waals surface area contributed by atoms with Crippen LogP contribution in [0.5, 0.6) is 0 Å². The zero-order chi connectivity index (χ0) is 12.0. The summed E-state index contributed by atoms with van der Waals surface area (Å²) < 4.78 is 1.07. The minimum atomic E-state index is 0.0282. The molecule has 1 aromatic heterocycles. The number of hydrogen-bond donors (Lipinski definition) is 0. The maximum Gasteiger partial charge on any atom is 0.178 e. The molecule has 0 spiro atoms. The molecular formula is C11H15BrINO. The molecule has 0 radical (unpaired) electrons. The second kappa shape index (κ2) is 7.33. The van der Waals surface area contributed by atoms with E-state index in [1.165, 1.54) is 0 Å². The van der Waals surface area contributed by atoms with Crippen molar-refractivity contribution in [1.29, 1.82) is 0 Å². The summed E-state index contributed by atoms with van der Waals surface area (Å²) in [6, 6.07) is 3.83. The number of halogens is 2. The maximum absolute atomic E-state index is 11.1. The zero-order valence-corrected chi connectivity index (χ0v) is 13.1. The number of aromatic nitrogens is 1. The van der Waals surface area contributed by atoms with E-state index in [2.05, 4.69) is 57.4 Å². The average molecular weight is 384 g/mol. The van der Waals surface area contributed by atoms with Gasteiger partial charge in [-0.3, -0.25) is 4.79 Å². The monoisotopic (exact) mass is 383 g/mol. The van der Waals surface area contributed by atoms with Gasteiger partial charge in [-0.2, -0.15) is 0 Å². The van der Waals surface area contributed by atoms with E-state index in [0.29, 0.717) is 11.6 Å². The summed E-state index contributed by atoms with van der Waals surface area (Å²) in [6.07, 6.45) is 0. The van der Waals surface area contributed by atoms with Crippen LogP contribution >= 0.6 is 38.5 Å². The highest BCUT2D eigenvalue weighted by atomic mass is 127. The lowest BCUT2D eigenvalue weighted by Gasteiger charge is -2.06. The van der Waals surface area contributed by atoms with Crippen LogP contribution in [0.15, 0.2) is 12.1 Å². The van der Waals surface area contributed by atoms with Gasteiger partial charge >= 0.3 is 0 Å². The number of rotatable bonds is 2. The fourth-order valence-corrected chi connectivity index (χ4v) is 1.61. The van der Waals surface area contributed by atoms with Gasteiger partial charge in [0.05, 0.1) is 0 Å². The standard InChI is InChI=1S/C10H12INO.CH3Br/c1-6(2)9-4-8(11)5-10(12-9)7(3)13;1-2/h4-6H,1-3H3;1H3. The molecule has 0 N–H and O–H groups in total. The Bertz CT molecular complexity index is 339. The number of ketones is 1. The van der Waals surface area contributed by atoms with Gasteiger partial charge in [-0.15, -0.1) is 0 Å². The zero-order valence-electron chi connectivity index (χ0n) is 9.34. The Balaban J connectivity index is 0.000000921. The Labute approximate surface area is 113 Å². The molecule has 0 amide bonds. The lowest BCUT2D eigenvalue weighted by atomic mass is 10.1. The third kappa shape index (κ3) is 5.06. The van der Waals surface area contributed by atoms with Crippen molar-refractivity contribution in [1.82, 2.24) is 4.98 Å². The van der Waals surface area contributed by atoms with Crippen LogP contribution in [0.3, 0.4) is 0 Å². The van der Waals surface area contributed by atoms with Crippen molar-refractivity contribution in [2.24, 2.45) is 0 Å². The number of Topliss-reactive ketones (excluding diaryl/α,β-unsaturated/α-hetero) is 1. The van der Waals surface area contributed by atoms with Crippen molar-refractivity contribution in [2.75, 3.05) is 5.83 Å². The summed E-state index contributed by atoms with van der Waals surface area (Å²) in [6.45, 7) is 5.69. The van der Waals surface area contributed by atoms with Crippen LogP contribution in [-0.4, -0.2) is 16.6 Å². The molecule has 0 saturated heterocycles. The number of carbonyl (C=O) groups is 1. The van der Waals surface area contributed by atoms with Crippen molar-refractivity contribution in [2.45, 2.75) is 26.7 Å². The number of pyridine rings is 1. The van der Waals surface area contributed by atoms with Gasteiger partial charge in [-0.1, -0.05) is 29.8 Å². The van der Waals surface area contributed by atoms with Crippen molar-refractivity contribution in [3.63, 3.8) is 0 Å². The molecule has 1 aromatic rings. The molecule has 0 saturated carbocycles. The summed E-state index contributed by atoms with van der Waals surface area (Å²) in [5, 5.41) is 0. The van der Waals surface area contributed by atoms with Gasteiger partial charge in [-0.05, 0) is 46.5 Å². The molecule has 1 heterocycles. The lowest BCUT2D eigenvalue weighted by Crippen LogP contribution is -2.02. The minimum Gasteiger partial charge on any atom is -0.293 e. The first-order valence-corrected chi connectivity index (χ1v) is 7.23. The minimum absolute atomic E-state index is 0.0282. The molecule has 0 aliphatic heterocycles. The fraction of sp³-hybridized carbons (Fsp3) is 0.455.